The van der Waals surface area contributed by atoms with Gasteiger partial charge in [-0.05, 0) is 38.5 Å². The second kappa shape index (κ2) is 7.76. The van der Waals surface area contributed by atoms with Gasteiger partial charge in [0.1, 0.15) is 5.82 Å². The number of hydrogen-bond acceptors (Lipinski definition) is 3. The number of amides is 3. The van der Waals surface area contributed by atoms with Gasteiger partial charge < -0.3 is 20.6 Å². The molecule has 0 aliphatic carbocycles. The molecule has 0 aromatic heterocycles. The molecule has 0 fully saturated rings. The third kappa shape index (κ3) is 5.86. The first-order chi connectivity index (χ1) is 11.0. The van der Waals surface area contributed by atoms with Gasteiger partial charge in [-0.3, -0.25) is 9.59 Å². The molecule has 8 heteroatoms. The number of nitrogens with one attached hydrogen (secondary N) is 2. The van der Waals surface area contributed by atoms with E-state index in [-0.39, 0.29) is 24.1 Å². The Hall–Kier alpha value is -2.64. The van der Waals surface area contributed by atoms with Gasteiger partial charge in [-0.2, -0.15) is 0 Å². The van der Waals surface area contributed by atoms with Crippen LogP contribution in [-0.2, 0) is 4.79 Å². The van der Waals surface area contributed by atoms with Crippen molar-refractivity contribution < 1.29 is 23.9 Å². The average Bonchev–Trinajstić information content (AvgIpc) is 2.46. The summed E-state index contributed by atoms with van der Waals surface area (Å²) < 4.78 is 13.7. The van der Waals surface area contributed by atoms with Crippen LogP contribution >= 0.6 is 0 Å². The molecule has 0 saturated heterocycles. The molecule has 0 aliphatic heterocycles. The number of anilines is 1. The summed E-state index contributed by atoms with van der Waals surface area (Å²) in [6.45, 7) is 3.39. The zero-order valence-electron chi connectivity index (χ0n) is 14.1. The van der Waals surface area contributed by atoms with Crippen LogP contribution in [0.2, 0.25) is 0 Å². The summed E-state index contributed by atoms with van der Waals surface area (Å²) >= 11 is 0. The molecule has 1 rings (SSSR count). The maximum atomic E-state index is 13.7. The summed E-state index contributed by atoms with van der Waals surface area (Å²) in [5.41, 5.74) is -0.624. The lowest BCUT2D eigenvalue weighted by atomic mass is 9.99. The second-order valence-electron chi connectivity index (χ2n) is 6.25. The highest BCUT2D eigenvalue weighted by Crippen LogP contribution is 2.17. The summed E-state index contributed by atoms with van der Waals surface area (Å²) in [6, 6.07) is 3.12. The van der Waals surface area contributed by atoms with Gasteiger partial charge in [0.05, 0.1) is 5.56 Å². The molecule has 0 spiro atoms. The number of carboxylic acids is 1. The van der Waals surface area contributed by atoms with E-state index in [2.05, 4.69) is 10.6 Å². The van der Waals surface area contributed by atoms with Crippen molar-refractivity contribution in [2.45, 2.75) is 32.2 Å². The molecule has 0 radical (unpaired) electrons. The van der Waals surface area contributed by atoms with Gasteiger partial charge in [0.15, 0.2) is 0 Å². The Labute approximate surface area is 139 Å². The van der Waals surface area contributed by atoms with E-state index in [1.165, 1.54) is 31.1 Å². The number of carbonyl (C=O) groups excluding carboxylic acids is 2. The molecule has 0 aliphatic rings. The molecule has 24 heavy (non-hydrogen) atoms. The molecule has 1 aromatic rings. The highest BCUT2D eigenvalue weighted by molar-refractivity contribution is 5.97. The number of benzene rings is 1. The van der Waals surface area contributed by atoms with Crippen LogP contribution in [0.25, 0.3) is 0 Å². The van der Waals surface area contributed by atoms with Crippen LogP contribution in [0.4, 0.5) is 14.9 Å². The van der Waals surface area contributed by atoms with Gasteiger partial charge in [-0.1, -0.05) is 0 Å². The lowest BCUT2D eigenvalue weighted by molar-refractivity contribution is -0.137. The monoisotopic (exact) mass is 339 g/mol. The van der Waals surface area contributed by atoms with E-state index in [1.807, 2.05) is 0 Å². The first-order valence-electron chi connectivity index (χ1n) is 7.34. The van der Waals surface area contributed by atoms with E-state index in [1.54, 1.807) is 13.8 Å². The van der Waals surface area contributed by atoms with Crippen LogP contribution in [0.3, 0.4) is 0 Å². The van der Waals surface area contributed by atoms with Crippen molar-refractivity contribution in [3.05, 3.63) is 29.6 Å². The van der Waals surface area contributed by atoms with E-state index in [0.29, 0.717) is 0 Å². The summed E-state index contributed by atoms with van der Waals surface area (Å²) in [4.78, 5) is 35.7. The lowest BCUT2D eigenvalue weighted by Crippen LogP contribution is -2.45. The van der Waals surface area contributed by atoms with Gasteiger partial charge >= 0.3 is 12.0 Å². The maximum Gasteiger partial charge on any atom is 0.319 e. The largest absolute Gasteiger partial charge is 0.481 e. The van der Waals surface area contributed by atoms with Crippen LogP contribution in [-0.4, -0.2) is 47.5 Å². The summed E-state index contributed by atoms with van der Waals surface area (Å²) in [5.74, 6) is -2.14. The van der Waals surface area contributed by atoms with Crippen LogP contribution in [0.5, 0.6) is 0 Å². The predicted molar refractivity (Wildman–Crippen MR) is 87.5 cm³/mol. The number of carbonyl (C=O) groups is 3. The Kier molecular flexibility index (Phi) is 6.27. The number of hydrogen-bond donors (Lipinski definition) is 3. The molecule has 0 heterocycles. The minimum Gasteiger partial charge on any atom is -0.481 e. The average molecular weight is 339 g/mol. The normalized spacial score (nSPS) is 10.9. The van der Waals surface area contributed by atoms with Gasteiger partial charge in [0.2, 0.25) is 0 Å². The Balaban J connectivity index is 2.79. The quantitative estimate of drug-likeness (QED) is 0.740. The summed E-state index contributed by atoms with van der Waals surface area (Å²) in [6.07, 6.45) is 0.175. The van der Waals surface area contributed by atoms with E-state index >= 15 is 0 Å². The fourth-order valence-corrected chi connectivity index (χ4v) is 1.96. The van der Waals surface area contributed by atoms with Gasteiger partial charge in [-0.15, -0.1) is 0 Å². The SMILES string of the molecule is CN(C)C(=O)c1cc(NC(=O)NC(C)(C)CCC(=O)O)ccc1F. The van der Waals surface area contributed by atoms with Crippen molar-refractivity contribution >= 4 is 23.6 Å². The van der Waals surface area contributed by atoms with E-state index < -0.39 is 29.3 Å². The second-order valence-corrected chi connectivity index (χ2v) is 6.25. The predicted octanol–water partition coefficient (Wildman–Crippen LogP) is 2.29. The fourth-order valence-electron chi connectivity index (χ4n) is 1.96. The van der Waals surface area contributed by atoms with Crippen LogP contribution in [0, 0.1) is 5.82 Å². The van der Waals surface area contributed by atoms with Crippen molar-refractivity contribution in [3.63, 3.8) is 0 Å². The summed E-state index contributed by atoms with van der Waals surface area (Å²) in [5, 5.41) is 13.9. The third-order valence-electron chi connectivity index (χ3n) is 3.28. The summed E-state index contributed by atoms with van der Waals surface area (Å²) in [7, 11) is 3.00. The van der Waals surface area contributed by atoms with Crippen molar-refractivity contribution in [3.8, 4) is 0 Å². The molecular formula is C16H22FN3O4. The van der Waals surface area contributed by atoms with Crippen molar-refractivity contribution in [1.29, 1.82) is 0 Å². The minimum absolute atomic E-state index is 0.0781. The molecule has 0 bridgehead atoms. The van der Waals surface area contributed by atoms with Gasteiger partial charge in [0, 0.05) is 31.7 Å². The molecule has 0 unspecified atom stereocenters. The molecule has 1 aromatic carbocycles. The van der Waals surface area contributed by atoms with Crippen molar-refractivity contribution in [2.75, 3.05) is 19.4 Å². The molecule has 0 atom stereocenters. The Morgan fingerprint density at radius 1 is 1.25 bits per heavy atom. The number of nitrogens with zero attached hydrogens (tertiary/aromatic N) is 1. The van der Waals surface area contributed by atoms with Gasteiger partial charge in [0.25, 0.3) is 5.91 Å². The minimum atomic E-state index is -0.948. The third-order valence-corrected chi connectivity index (χ3v) is 3.28. The van der Waals surface area contributed by atoms with Crippen LogP contribution < -0.4 is 10.6 Å². The maximum absolute atomic E-state index is 13.7. The van der Waals surface area contributed by atoms with Crippen LogP contribution in [0.1, 0.15) is 37.0 Å². The first kappa shape index (κ1) is 19.4. The number of halogens is 1. The Morgan fingerprint density at radius 3 is 2.42 bits per heavy atom. The lowest BCUT2D eigenvalue weighted by Gasteiger charge is -2.25. The number of rotatable bonds is 6. The zero-order chi connectivity index (χ0) is 18.5. The molecule has 132 valence electrons. The topological polar surface area (TPSA) is 98.7 Å². The van der Waals surface area contributed by atoms with Crippen LogP contribution in [0.15, 0.2) is 18.2 Å². The fraction of sp³-hybridized carbons (Fsp3) is 0.438. The smallest absolute Gasteiger partial charge is 0.319 e. The zero-order valence-corrected chi connectivity index (χ0v) is 14.1. The van der Waals surface area contributed by atoms with E-state index in [4.69, 9.17) is 5.11 Å². The highest BCUT2D eigenvalue weighted by atomic mass is 19.1. The molecular weight excluding hydrogens is 317 g/mol. The number of carboxylic acid groups (broad SMARTS) is 1. The molecule has 7 nitrogen and oxygen atoms in total. The van der Waals surface area contributed by atoms with Gasteiger partial charge in [-0.25, -0.2) is 9.18 Å². The highest BCUT2D eigenvalue weighted by Gasteiger charge is 2.22. The first-order valence-corrected chi connectivity index (χ1v) is 7.34. The Morgan fingerprint density at radius 2 is 1.88 bits per heavy atom. The Bertz CT molecular complexity index is 644. The van der Waals surface area contributed by atoms with Crippen molar-refractivity contribution in [1.82, 2.24) is 10.2 Å². The molecule has 0 saturated carbocycles. The number of aliphatic carboxylic acids is 1. The molecule has 3 amide bonds. The number of urea groups is 1. The van der Waals surface area contributed by atoms with Crippen molar-refractivity contribution in [2.24, 2.45) is 0 Å². The van der Waals surface area contributed by atoms with E-state index in [0.717, 1.165) is 6.07 Å². The molecule has 3 N–H and O–H groups in total. The van der Waals surface area contributed by atoms with E-state index in [9.17, 15) is 18.8 Å². The standard InChI is InChI=1S/C16H22FN3O4/c1-16(2,8-7-13(21)22)19-15(24)18-10-5-6-12(17)11(9-10)14(23)20(3)4/h5-6,9H,7-8H2,1-4H3,(H,21,22)(H2,18,19,24).